The van der Waals surface area contributed by atoms with Crippen LogP contribution in [0.2, 0.25) is 0 Å². The molecule has 0 radical (unpaired) electrons. The van der Waals surface area contributed by atoms with E-state index in [1.165, 1.54) is 11.8 Å². The molecule has 0 amide bonds. The number of aromatic nitrogens is 3. The van der Waals surface area contributed by atoms with Gasteiger partial charge in [0.2, 0.25) is 5.89 Å². The lowest BCUT2D eigenvalue weighted by Gasteiger charge is -2.17. The van der Waals surface area contributed by atoms with Crippen LogP contribution < -0.4 is 5.56 Å². The maximum Gasteiger partial charge on any atom is 0.262 e. The highest BCUT2D eigenvalue weighted by Crippen LogP contribution is 2.27. The molecule has 0 aliphatic rings. The van der Waals surface area contributed by atoms with Crippen LogP contribution in [0, 0.1) is 0 Å². The average Bonchev–Trinajstić information content (AvgIpc) is 3.21. The van der Waals surface area contributed by atoms with Gasteiger partial charge in [0.1, 0.15) is 0 Å². The normalized spacial score (nSPS) is 12.4. The van der Waals surface area contributed by atoms with E-state index in [2.05, 4.69) is 11.9 Å². The predicted octanol–water partition coefficient (Wildman–Crippen LogP) is 5.31. The van der Waals surface area contributed by atoms with Crippen LogP contribution in [0.4, 0.5) is 0 Å². The molecule has 0 aliphatic carbocycles. The van der Waals surface area contributed by atoms with Gasteiger partial charge in [0, 0.05) is 11.6 Å². The third-order valence-corrected chi connectivity index (χ3v) is 5.68. The van der Waals surface area contributed by atoms with Gasteiger partial charge in [-0.05, 0) is 25.5 Å². The number of fused-ring (bicyclic) bond motifs is 1. The first-order chi connectivity index (χ1) is 13.7. The van der Waals surface area contributed by atoms with E-state index < -0.39 is 0 Å². The summed E-state index contributed by atoms with van der Waals surface area (Å²) < 4.78 is 7.67. The van der Waals surface area contributed by atoms with Crippen molar-refractivity contribution in [2.75, 3.05) is 0 Å². The number of nitrogens with zero attached hydrogens (tertiary/aromatic N) is 3. The van der Waals surface area contributed by atoms with Crippen molar-refractivity contribution in [2.24, 2.45) is 0 Å². The molecule has 0 saturated heterocycles. The highest BCUT2D eigenvalue weighted by Gasteiger charge is 2.16. The summed E-state index contributed by atoms with van der Waals surface area (Å²) in [5.41, 5.74) is 1.71. The molecular formula is C22H21N3O2S. The SMILES string of the molecule is CC[C@@H](C)n1c(SCc2ncc(-c3ccccc3)o2)nc2ccccc2c1=O. The Kier molecular flexibility index (Phi) is 5.30. The van der Waals surface area contributed by atoms with E-state index in [1.807, 2.05) is 61.5 Å². The molecule has 142 valence electrons. The van der Waals surface area contributed by atoms with Crippen LogP contribution in [-0.4, -0.2) is 14.5 Å². The second-order valence-electron chi connectivity index (χ2n) is 6.62. The van der Waals surface area contributed by atoms with Gasteiger partial charge in [0.25, 0.3) is 5.56 Å². The van der Waals surface area contributed by atoms with Gasteiger partial charge < -0.3 is 4.42 Å². The minimum absolute atomic E-state index is 0.000159. The molecule has 4 rings (SSSR count). The van der Waals surface area contributed by atoms with Crippen molar-refractivity contribution in [1.82, 2.24) is 14.5 Å². The zero-order valence-electron chi connectivity index (χ0n) is 15.8. The average molecular weight is 391 g/mol. The maximum absolute atomic E-state index is 13.0. The number of para-hydroxylation sites is 1. The minimum atomic E-state index is -0.000159. The van der Waals surface area contributed by atoms with E-state index in [-0.39, 0.29) is 11.6 Å². The molecule has 0 N–H and O–H groups in total. The fraction of sp³-hybridized carbons (Fsp3) is 0.227. The number of hydrogen-bond donors (Lipinski definition) is 0. The van der Waals surface area contributed by atoms with Gasteiger partial charge >= 0.3 is 0 Å². The zero-order chi connectivity index (χ0) is 19.5. The second-order valence-corrected chi connectivity index (χ2v) is 7.56. The Morgan fingerprint density at radius 1 is 1.11 bits per heavy atom. The van der Waals surface area contributed by atoms with Crippen molar-refractivity contribution in [3.63, 3.8) is 0 Å². The Morgan fingerprint density at radius 3 is 2.64 bits per heavy atom. The maximum atomic E-state index is 13.0. The summed E-state index contributed by atoms with van der Waals surface area (Å²) in [4.78, 5) is 22.1. The third-order valence-electron chi connectivity index (χ3n) is 4.74. The molecule has 0 aliphatic heterocycles. The molecule has 4 aromatic rings. The smallest absolute Gasteiger partial charge is 0.262 e. The van der Waals surface area contributed by atoms with E-state index in [0.29, 0.717) is 27.7 Å². The summed E-state index contributed by atoms with van der Waals surface area (Å²) in [6, 6.07) is 17.4. The lowest BCUT2D eigenvalue weighted by atomic mass is 10.2. The molecule has 2 heterocycles. The van der Waals surface area contributed by atoms with Crippen molar-refractivity contribution >= 4 is 22.7 Å². The van der Waals surface area contributed by atoms with Crippen LogP contribution in [0.3, 0.4) is 0 Å². The van der Waals surface area contributed by atoms with Crippen LogP contribution in [0.1, 0.15) is 32.2 Å². The molecule has 5 nitrogen and oxygen atoms in total. The van der Waals surface area contributed by atoms with Crippen LogP contribution in [0.25, 0.3) is 22.2 Å². The molecule has 2 aromatic heterocycles. The standard InChI is InChI=1S/C22H21N3O2S/c1-3-15(2)25-21(26)17-11-7-8-12-18(17)24-22(25)28-14-20-23-13-19(27-20)16-9-5-4-6-10-16/h4-13,15H,3,14H2,1-2H3/t15-/m1/s1. The van der Waals surface area contributed by atoms with Crippen LogP contribution in [0.5, 0.6) is 0 Å². The predicted molar refractivity (Wildman–Crippen MR) is 113 cm³/mol. The molecule has 0 saturated carbocycles. The molecule has 0 bridgehead atoms. The first-order valence-electron chi connectivity index (χ1n) is 9.31. The fourth-order valence-electron chi connectivity index (χ4n) is 3.04. The molecule has 0 fully saturated rings. The van der Waals surface area contributed by atoms with Crippen LogP contribution in [0.15, 0.2) is 75.2 Å². The van der Waals surface area contributed by atoms with E-state index in [4.69, 9.17) is 9.40 Å². The lowest BCUT2D eigenvalue weighted by molar-refractivity contribution is 0.467. The van der Waals surface area contributed by atoms with E-state index in [9.17, 15) is 4.79 Å². The molecule has 0 spiro atoms. The van der Waals surface area contributed by atoms with Gasteiger partial charge in [0.15, 0.2) is 10.9 Å². The van der Waals surface area contributed by atoms with Gasteiger partial charge in [-0.25, -0.2) is 9.97 Å². The largest absolute Gasteiger partial charge is 0.440 e. The van der Waals surface area contributed by atoms with Crippen molar-refractivity contribution in [1.29, 1.82) is 0 Å². The summed E-state index contributed by atoms with van der Waals surface area (Å²) in [5.74, 6) is 1.86. The molecule has 2 aromatic carbocycles. The number of hydrogen-bond acceptors (Lipinski definition) is 5. The van der Waals surface area contributed by atoms with Gasteiger partial charge in [-0.2, -0.15) is 0 Å². The van der Waals surface area contributed by atoms with Crippen molar-refractivity contribution in [2.45, 2.75) is 37.2 Å². The summed E-state index contributed by atoms with van der Waals surface area (Å²) in [5, 5.41) is 1.34. The number of benzene rings is 2. The molecular weight excluding hydrogens is 370 g/mol. The van der Waals surface area contributed by atoms with Crippen LogP contribution in [-0.2, 0) is 5.75 Å². The van der Waals surface area contributed by atoms with Gasteiger partial charge in [0.05, 0.1) is 22.9 Å². The Labute approximate surface area is 167 Å². The number of oxazole rings is 1. The van der Waals surface area contributed by atoms with Crippen molar-refractivity contribution in [3.8, 4) is 11.3 Å². The first-order valence-corrected chi connectivity index (χ1v) is 10.3. The zero-order valence-corrected chi connectivity index (χ0v) is 16.6. The third kappa shape index (κ3) is 3.60. The van der Waals surface area contributed by atoms with E-state index >= 15 is 0 Å². The summed E-state index contributed by atoms with van der Waals surface area (Å²) in [6.07, 6.45) is 2.59. The lowest BCUT2D eigenvalue weighted by Crippen LogP contribution is -2.26. The minimum Gasteiger partial charge on any atom is -0.440 e. The summed E-state index contributed by atoms with van der Waals surface area (Å²) in [6.45, 7) is 4.11. The molecule has 0 unspecified atom stereocenters. The fourth-order valence-corrected chi connectivity index (χ4v) is 3.99. The number of thioether (sulfide) groups is 1. The molecule has 28 heavy (non-hydrogen) atoms. The monoisotopic (exact) mass is 391 g/mol. The van der Waals surface area contributed by atoms with Crippen molar-refractivity contribution < 1.29 is 4.42 Å². The van der Waals surface area contributed by atoms with E-state index in [0.717, 1.165) is 17.7 Å². The number of rotatable bonds is 6. The second kappa shape index (κ2) is 8.02. The Bertz CT molecular complexity index is 1150. The van der Waals surface area contributed by atoms with Gasteiger partial charge in [-0.3, -0.25) is 9.36 Å². The van der Waals surface area contributed by atoms with Crippen molar-refractivity contribution in [3.05, 3.63) is 77.0 Å². The quantitative estimate of drug-likeness (QED) is 0.329. The first kappa shape index (κ1) is 18.5. The molecule has 1 atom stereocenters. The highest BCUT2D eigenvalue weighted by molar-refractivity contribution is 7.98. The summed E-state index contributed by atoms with van der Waals surface area (Å²) >= 11 is 1.48. The Balaban J connectivity index is 1.64. The molecule has 6 heteroatoms. The Hall–Kier alpha value is -2.86. The van der Waals surface area contributed by atoms with Gasteiger partial charge in [-0.15, -0.1) is 0 Å². The summed E-state index contributed by atoms with van der Waals surface area (Å²) in [7, 11) is 0. The highest BCUT2D eigenvalue weighted by atomic mass is 32.2. The topological polar surface area (TPSA) is 60.9 Å². The van der Waals surface area contributed by atoms with Gasteiger partial charge in [-0.1, -0.05) is 61.2 Å². The van der Waals surface area contributed by atoms with E-state index in [1.54, 1.807) is 10.8 Å². The van der Waals surface area contributed by atoms with Crippen LogP contribution >= 0.6 is 11.8 Å². The Morgan fingerprint density at radius 2 is 1.86 bits per heavy atom.